The third kappa shape index (κ3) is 2.52. The summed E-state index contributed by atoms with van der Waals surface area (Å²) in [5.41, 5.74) is 2.68. The largest absolute Gasteiger partial charge is 0.293 e. The van der Waals surface area contributed by atoms with E-state index in [2.05, 4.69) is 20.9 Å². The van der Waals surface area contributed by atoms with E-state index in [1.807, 2.05) is 24.3 Å². The Kier molecular flexibility index (Phi) is 3.28. The summed E-state index contributed by atoms with van der Waals surface area (Å²) >= 11 is 4.80. The Bertz CT molecular complexity index is 467. The van der Waals surface area contributed by atoms with Gasteiger partial charge >= 0.3 is 0 Å². The first-order valence-electron chi connectivity index (χ1n) is 4.42. The van der Waals surface area contributed by atoms with Crippen LogP contribution in [0, 0.1) is 0 Å². The number of carbonyl (C=O) groups excluding carboxylic acids is 1. The zero-order valence-electron chi connectivity index (χ0n) is 7.81. The molecule has 15 heavy (non-hydrogen) atoms. The van der Waals surface area contributed by atoms with Crippen LogP contribution in [-0.2, 0) is 6.42 Å². The molecule has 0 aliphatic rings. The van der Waals surface area contributed by atoms with Gasteiger partial charge in [-0.05, 0) is 11.6 Å². The van der Waals surface area contributed by atoms with Crippen molar-refractivity contribution in [3.8, 4) is 0 Å². The number of ketones is 1. The lowest BCUT2D eigenvalue weighted by Gasteiger charge is -2.01. The van der Waals surface area contributed by atoms with Crippen LogP contribution in [0.25, 0.3) is 0 Å². The second-order valence-corrected chi connectivity index (χ2v) is 4.80. The van der Waals surface area contributed by atoms with Gasteiger partial charge < -0.3 is 0 Å². The van der Waals surface area contributed by atoms with Gasteiger partial charge in [0.05, 0.1) is 10.4 Å². The first-order chi connectivity index (χ1) is 7.27. The summed E-state index contributed by atoms with van der Waals surface area (Å²) in [6.45, 7) is 0. The van der Waals surface area contributed by atoms with Gasteiger partial charge in [-0.15, -0.1) is 11.3 Å². The maximum atomic E-state index is 11.8. The minimum atomic E-state index is 0.115. The zero-order valence-corrected chi connectivity index (χ0v) is 10.2. The monoisotopic (exact) mass is 281 g/mol. The van der Waals surface area contributed by atoms with Crippen LogP contribution in [0.1, 0.15) is 15.2 Å². The molecule has 1 aromatic carbocycles. The molecule has 0 aliphatic heterocycles. The number of carbonyl (C=O) groups is 1. The molecule has 1 aromatic heterocycles. The van der Waals surface area contributed by atoms with E-state index in [9.17, 15) is 4.79 Å². The number of rotatable bonds is 3. The highest BCUT2D eigenvalue weighted by Gasteiger charge is 2.09. The van der Waals surface area contributed by atoms with Crippen molar-refractivity contribution in [2.75, 3.05) is 0 Å². The van der Waals surface area contributed by atoms with Crippen molar-refractivity contribution >= 4 is 33.0 Å². The average molecular weight is 282 g/mol. The molecule has 0 spiro atoms. The number of Topliss-reactive ketones (excluding diaryl/α,β-unsaturated/α-hetero) is 1. The molecule has 2 aromatic rings. The smallest absolute Gasteiger partial charge is 0.178 e. The van der Waals surface area contributed by atoms with Crippen LogP contribution in [0.5, 0.6) is 0 Å². The Morgan fingerprint density at radius 2 is 2.20 bits per heavy atom. The van der Waals surface area contributed by atoms with Crippen LogP contribution in [0.4, 0.5) is 0 Å². The van der Waals surface area contributed by atoms with Gasteiger partial charge in [-0.25, -0.2) is 0 Å². The van der Waals surface area contributed by atoms with E-state index >= 15 is 0 Å². The van der Waals surface area contributed by atoms with Gasteiger partial charge in [0.2, 0.25) is 0 Å². The molecule has 76 valence electrons. The van der Waals surface area contributed by atoms with Crippen LogP contribution in [0.3, 0.4) is 0 Å². The normalized spacial score (nSPS) is 10.2. The lowest BCUT2D eigenvalue weighted by Crippen LogP contribution is -2.01. The predicted molar refractivity (Wildman–Crippen MR) is 64.3 cm³/mol. The van der Waals surface area contributed by atoms with Crippen LogP contribution in [0.15, 0.2) is 40.4 Å². The molecule has 0 saturated carbocycles. The molecule has 0 saturated heterocycles. The lowest BCUT2D eigenvalue weighted by atomic mass is 10.1. The van der Waals surface area contributed by atoms with E-state index in [1.54, 1.807) is 11.7 Å². The van der Waals surface area contributed by atoms with Gasteiger partial charge in [0, 0.05) is 17.1 Å². The molecule has 0 bridgehead atoms. The molecule has 0 fully saturated rings. The van der Waals surface area contributed by atoms with Gasteiger partial charge in [-0.1, -0.05) is 34.1 Å². The van der Waals surface area contributed by atoms with Crippen molar-refractivity contribution < 1.29 is 4.79 Å². The van der Waals surface area contributed by atoms with E-state index < -0.39 is 0 Å². The summed E-state index contributed by atoms with van der Waals surface area (Å²) in [4.78, 5) is 16.4. The van der Waals surface area contributed by atoms with E-state index in [0.29, 0.717) is 11.3 Å². The second kappa shape index (κ2) is 4.68. The minimum absolute atomic E-state index is 0.115. The summed E-state index contributed by atoms with van der Waals surface area (Å²) in [6, 6.07) is 7.75. The third-order valence-corrected chi connectivity index (χ3v) is 3.60. The molecule has 0 N–H and O–H groups in total. The highest BCUT2D eigenvalue weighted by Crippen LogP contribution is 2.18. The standard InChI is InChI=1S/C11H8BrNOS/c12-9-4-2-1-3-8(9)5-10(14)11-6-13-7-15-11/h1-4,6-7H,5H2. The number of hydrogen-bond donors (Lipinski definition) is 0. The summed E-state index contributed by atoms with van der Waals surface area (Å²) in [5.74, 6) is 0.115. The van der Waals surface area contributed by atoms with Gasteiger partial charge in [0.1, 0.15) is 0 Å². The van der Waals surface area contributed by atoms with Crippen LogP contribution < -0.4 is 0 Å². The summed E-state index contributed by atoms with van der Waals surface area (Å²) in [6.07, 6.45) is 2.04. The van der Waals surface area contributed by atoms with E-state index in [4.69, 9.17) is 0 Å². The molecule has 0 radical (unpaired) electrons. The molecule has 2 rings (SSSR count). The van der Waals surface area contributed by atoms with E-state index in [1.165, 1.54) is 11.3 Å². The van der Waals surface area contributed by atoms with Crippen molar-refractivity contribution in [1.29, 1.82) is 0 Å². The third-order valence-electron chi connectivity index (χ3n) is 2.02. The fraction of sp³-hybridized carbons (Fsp3) is 0.0909. The number of nitrogens with zero attached hydrogens (tertiary/aromatic N) is 1. The molecule has 1 heterocycles. The summed E-state index contributed by atoms with van der Waals surface area (Å²) < 4.78 is 0.975. The summed E-state index contributed by atoms with van der Waals surface area (Å²) in [7, 11) is 0. The highest BCUT2D eigenvalue weighted by atomic mass is 79.9. The quantitative estimate of drug-likeness (QED) is 0.808. The average Bonchev–Trinajstić information content (AvgIpc) is 2.74. The fourth-order valence-electron chi connectivity index (χ4n) is 1.26. The Labute approximate surface area is 100 Å². The lowest BCUT2D eigenvalue weighted by molar-refractivity contribution is 0.0996. The van der Waals surface area contributed by atoms with Crippen molar-refractivity contribution in [2.24, 2.45) is 0 Å². The first-order valence-corrected chi connectivity index (χ1v) is 6.10. The maximum absolute atomic E-state index is 11.8. The van der Waals surface area contributed by atoms with Gasteiger partial charge in [0.25, 0.3) is 0 Å². The fourth-order valence-corrected chi connectivity index (χ4v) is 2.24. The van der Waals surface area contributed by atoms with Crippen molar-refractivity contribution in [3.05, 3.63) is 50.9 Å². The molecule has 0 unspecified atom stereocenters. The number of thiazole rings is 1. The van der Waals surface area contributed by atoms with Crippen LogP contribution in [0.2, 0.25) is 0 Å². The molecule has 2 nitrogen and oxygen atoms in total. The Morgan fingerprint density at radius 3 is 2.87 bits per heavy atom. The zero-order chi connectivity index (χ0) is 10.7. The highest BCUT2D eigenvalue weighted by molar-refractivity contribution is 9.10. The Balaban J connectivity index is 2.17. The Morgan fingerprint density at radius 1 is 1.40 bits per heavy atom. The van der Waals surface area contributed by atoms with Crippen LogP contribution >= 0.6 is 27.3 Å². The Hall–Kier alpha value is -1.00. The van der Waals surface area contributed by atoms with Gasteiger partial charge in [-0.2, -0.15) is 0 Å². The van der Waals surface area contributed by atoms with Gasteiger partial charge in [0.15, 0.2) is 5.78 Å². The summed E-state index contributed by atoms with van der Waals surface area (Å²) in [5, 5.41) is 0. The van der Waals surface area contributed by atoms with Crippen molar-refractivity contribution in [2.45, 2.75) is 6.42 Å². The molecule has 0 aliphatic carbocycles. The number of hydrogen-bond acceptors (Lipinski definition) is 3. The molecule has 4 heteroatoms. The first kappa shape index (κ1) is 10.5. The number of halogens is 1. The molecular formula is C11H8BrNOS. The van der Waals surface area contributed by atoms with E-state index in [-0.39, 0.29) is 5.78 Å². The second-order valence-electron chi connectivity index (χ2n) is 3.06. The minimum Gasteiger partial charge on any atom is -0.293 e. The van der Waals surface area contributed by atoms with Crippen molar-refractivity contribution in [3.63, 3.8) is 0 Å². The predicted octanol–water partition coefficient (Wildman–Crippen LogP) is 3.33. The molecular weight excluding hydrogens is 274 g/mol. The maximum Gasteiger partial charge on any atom is 0.178 e. The molecule has 0 atom stereocenters. The molecule has 0 amide bonds. The van der Waals surface area contributed by atoms with Crippen LogP contribution in [-0.4, -0.2) is 10.8 Å². The van der Waals surface area contributed by atoms with E-state index in [0.717, 1.165) is 10.0 Å². The number of benzene rings is 1. The SMILES string of the molecule is O=C(Cc1ccccc1Br)c1cncs1. The number of aromatic nitrogens is 1. The van der Waals surface area contributed by atoms with Crippen molar-refractivity contribution in [1.82, 2.24) is 4.98 Å². The van der Waals surface area contributed by atoms with Gasteiger partial charge in [-0.3, -0.25) is 9.78 Å². The topological polar surface area (TPSA) is 30.0 Å².